The number of ketones is 1. The van der Waals surface area contributed by atoms with E-state index in [1.165, 1.54) is 10.8 Å². The van der Waals surface area contributed by atoms with Gasteiger partial charge in [0.2, 0.25) is 5.75 Å². The molecule has 0 aliphatic heterocycles. The lowest BCUT2D eigenvalue weighted by molar-refractivity contribution is 0.0941. The Kier molecular flexibility index (Phi) is 6.64. The molecule has 35 heavy (non-hydrogen) atoms. The highest BCUT2D eigenvalue weighted by atomic mass is 16.5. The minimum Gasteiger partial charge on any atom is -0.493 e. The maximum atomic E-state index is 12.7. The quantitative estimate of drug-likeness (QED) is 0.286. The van der Waals surface area contributed by atoms with Gasteiger partial charge in [-0.05, 0) is 56.3 Å². The summed E-state index contributed by atoms with van der Waals surface area (Å²) in [6, 6.07) is 13.7. The fourth-order valence-corrected chi connectivity index (χ4v) is 3.85. The van der Waals surface area contributed by atoms with Gasteiger partial charge in [0.15, 0.2) is 17.3 Å². The SMILES string of the molecule is COc1cc2nc(C=CC(=O)c3ccc(C(=O)n4nc(C)cc4C)cc3)ccc2c(OC)c1OC. The Morgan fingerprint density at radius 3 is 2.14 bits per heavy atom. The number of allylic oxidation sites excluding steroid dienone is 1. The lowest BCUT2D eigenvalue weighted by atomic mass is 10.1. The summed E-state index contributed by atoms with van der Waals surface area (Å²) in [6.45, 7) is 3.66. The summed E-state index contributed by atoms with van der Waals surface area (Å²) >= 11 is 0. The first-order valence-electron chi connectivity index (χ1n) is 10.9. The second-order valence-electron chi connectivity index (χ2n) is 7.87. The normalized spacial score (nSPS) is 11.1. The molecular weight excluding hydrogens is 446 g/mol. The first kappa shape index (κ1) is 23.7. The molecule has 0 spiro atoms. The minimum absolute atomic E-state index is 0.207. The Balaban J connectivity index is 1.55. The van der Waals surface area contributed by atoms with Crippen LogP contribution in [0.2, 0.25) is 0 Å². The largest absolute Gasteiger partial charge is 0.493 e. The molecule has 2 aromatic carbocycles. The van der Waals surface area contributed by atoms with Crippen LogP contribution in [0.3, 0.4) is 0 Å². The van der Waals surface area contributed by atoms with E-state index in [1.807, 2.05) is 26.0 Å². The zero-order chi connectivity index (χ0) is 25.1. The minimum atomic E-state index is -0.243. The standard InChI is InChI=1S/C27H25N3O5/c1-16-14-17(2)30(29-16)27(32)19-8-6-18(7-9-19)23(31)13-11-20-10-12-21-22(28-20)15-24(33-3)26(35-5)25(21)34-4/h6-15H,1-5H3. The van der Waals surface area contributed by atoms with E-state index < -0.39 is 0 Å². The monoisotopic (exact) mass is 471 g/mol. The summed E-state index contributed by atoms with van der Waals surface area (Å²) in [5.74, 6) is 1.06. The summed E-state index contributed by atoms with van der Waals surface area (Å²) in [5.41, 5.74) is 3.67. The van der Waals surface area contributed by atoms with Crippen LogP contribution in [-0.4, -0.2) is 47.8 Å². The van der Waals surface area contributed by atoms with Gasteiger partial charge >= 0.3 is 0 Å². The fourth-order valence-electron chi connectivity index (χ4n) is 3.85. The van der Waals surface area contributed by atoms with Crippen LogP contribution in [0.15, 0.2) is 54.6 Å². The van der Waals surface area contributed by atoms with E-state index in [2.05, 4.69) is 10.1 Å². The lowest BCUT2D eigenvalue weighted by Crippen LogP contribution is -2.15. The van der Waals surface area contributed by atoms with Crippen molar-refractivity contribution < 1.29 is 23.8 Å². The van der Waals surface area contributed by atoms with Crippen molar-refractivity contribution in [2.24, 2.45) is 0 Å². The Bertz CT molecular complexity index is 1450. The smallest absolute Gasteiger partial charge is 0.278 e. The molecule has 0 radical (unpaired) electrons. The zero-order valence-corrected chi connectivity index (χ0v) is 20.2. The van der Waals surface area contributed by atoms with Gasteiger partial charge in [-0.15, -0.1) is 0 Å². The molecule has 2 heterocycles. The van der Waals surface area contributed by atoms with E-state index in [9.17, 15) is 9.59 Å². The van der Waals surface area contributed by atoms with Crippen LogP contribution in [0.5, 0.6) is 17.2 Å². The third-order valence-electron chi connectivity index (χ3n) is 5.54. The third-order valence-corrected chi connectivity index (χ3v) is 5.54. The number of rotatable bonds is 7. The fraction of sp³-hybridized carbons (Fsp3) is 0.185. The first-order chi connectivity index (χ1) is 16.9. The van der Waals surface area contributed by atoms with Crippen LogP contribution in [0.4, 0.5) is 0 Å². The Morgan fingerprint density at radius 1 is 0.857 bits per heavy atom. The first-order valence-corrected chi connectivity index (χ1v) is 10.9. The second-order valence-corrected chi connectivity index (χ2v) is 7.87. The molecule has 0 N–H and O–H groups in total. The Morgan fingerprint density at radius 2 is 1.54 bits per heavy atom. The predicted molar refractivity (Wildman–Crippen MR) is 133 cm³/mol. The molecule has 0 saturated heterocycles. The highest BCUT2D eigenvalue weighted by Crippen LogP contribution is 2.42. The van der Waals surface area contributed by atoms with E-state index in [-0.39, 0.29) is 11.7 Å². The van der Waals surface area contributed by atoms with E-state index >= 15 is 0 Å². The van der Waals surface area contributed by atoms with Gasteiger partial charge in [-0.1, -0.05) is 12.1 Å². The Labute approximate surface area is 202 Å². The highest BCUT2D eigenvalue weighted by molar-refractivity contribution is 6.07. The van der Waals surface area contributed by atoms with Crippen molar-refractivity contribution in [3.63, 3.8) is 0 Å². The highest BCUT2D eigenvalue weighted by Gasteiger charge is 2.17. The number of hydrogen-bond acceptors (Lipinski definition) is 7. The third kappa shape index (κ3) is 4.63. The summed E-state index contributed by atoms with van der Waals surface area (Å²) in [6.07, 6.45) is 3.09. The van der Waals surface area contributed by atoms with Gasteiger partial charge in [0.1, 0.15) is 0 Å². The number of fused-ring (bicyclic) bond motifs is 1. The molecule has 2 aromatic heterocycles. The zero-order valence-electron chi connectivity index (χ0n) is 20.2. The molecule has 178 valence electrons. The molecule has 0 aliphatic carbocycles. The van der Waals surface area contributed by atoms with Gasteiger partial charge in [-0.25, -0.2) is 9.67 Å². The summed E-state index contributed by atoms with van der Waals surface area (Å²) in [4.78, 5) is 30.0. The van der Waals surface area contributed by atoms with Crippen molar-refractivity contribution in [1.29, 1.82) is 0 Å². The summed E-state index contributed by atoms with van der Waals surface area (Å²) in [5, 5.41) is 4.98. The van der Waals surface area contributed by atoms with Crippen LogP contribution < -0.4 is 14.2 Å². The van der Waals surface area contributed by atoms with Crippen LogP contribution in [0.1, 0.15) is 37.8 Å². The number of benzene rings is 2. The van der Waals surface area contributed by atoms with E-state index in [4.69, 9.17) is 14.2 Å². The number of carbonyl (C=O) groups is 2. The topological polar surface area (TPSA) is 92.5 Å². The van der Waals surface area contributed by atoms with Crippen molar-refractivity contribution in [3.05, 3.63) is 82.8 Å². The Hall–Kier alpha value is -4.46. The number of nitrogens with zero attached hydrogens (tertiary/aromatic N) is 3. The van der Waals surface area contributed by atoms with Crippen LogP contribution in [-0.2, 0) is 0 Å². The predicted octanol–water partition coefficient (Wildman–Crippen LogP) is 4.66. The molecule has 4 rings (SSSR count). The molecule has 0 fully saturated rings. The van der Waals surface area contributed by atoms with E-state index in [1.54, 1.807) is 63.8 Å². The number of aryl methyl sites for hydroxylation is 2. The second kappa shape index (κ2) is 9.80. The van der Waals surface area contributed by atoms with Crippen LogP contribution in [0, 0.1) is 13.8 Å². The van der Waals surface area contributed by atoms with Gasteiger partial charge in [-0.2, -0.15) is 5.10 Å². The molecule has 0 unspecified atom stereocenters. The van der Waals surface area contributed by atoms with Crippen LogP contribution in [0.25, 0.3) is 17.0 Å². The van der Waals surface area contributed by atoms with Crippen molar-refractivity contribution >= 4 is 28.7 Å². The van der Waals surface area contributed by atoms with Gasteiger partial charge < -0.3 is 14.2 Å². The lowest BCUT2D eigenvalue weighted by Gasteiger charge is -2.14. The molecule has 0 amide bonds. The summed E-state index contributed by atoms with van der Waals surface area (Å²) < 4.78 is 17.7. The molecule has 4 aromatic rings. The average molecular weight is 472 g/mol. The molecule has 0 bridgehead atoms. The van der Waals surface area contributed by atoms with Gasteiger partial charge in [0, 0.05) is 28.3 Å². The van der Waals surface area contributed by atoms with Gasteiger partial charge in [0.05, 0.1) is 38.2 Å². The number of ether oxygens (including phenoxy) is 3. The van der Waals surface area contributed by atoms with Crippen molar-refractivity contribution in [2.45, 2.75) is 13.8 Å². The molecule has 8 heteroatoms. The van der Waals surface area contributed by atoms with Gasteiger partial charge in [0.25, 0.3) is 5.91 Å². The summed E-state index contributed by atoms with van der Waals surface area (Å²) in [7, 11) is 4.64. The van der Waals surface area contributed by atoms with Crippen molar-refractivity contribution in [1.82, 2.24) is 14.8 Å². The van der Waals surface area contributed by atoms with E-state index in [0.717, 1.165) is 16.8 Å². The van der Waals surface area contributed by atoms with E-state index in [0.29, 0.717) is 39.6 Å². The molecule has 8 nitrogen and oxygen atoms in total. The van der Waals surface area contributed by atoms with Crippen LogP contribution >= 0.6 is 0 Å². The number of pyridine rings is 1. The average Bonchev–Trinajstić information content (AvgIpc) is 3.22. The molecule has 0 atom stereocenters. The maximum Gasteiger partial charge on any atom is 0.278 e. The number of carbonyl (C=O) groups excluding carboxylic acids is 2. The van der Waals surface area contributed by atoms with Gasteiger partial charge in [-0.3, -0.25) is 9.59 Å². The van der Waals surface area contributed by atoms with Crippen molar-refractivity contribution in [2.75, 3.05) is 21.3 Å². The number of aromatic nitrogens is 3. The molecule has 0 saturated carbocycles. The molecule has 0 aliphatic rings. The molecular formula is C27H25N3O5. The van der Waals surface area contributed by atoms with Crippen molar-refractivity contribution in [3.8, 4) is 17.2 Å². The number of hydrogen-bond donors (Lipinski definition) is 0. The number of methoxy groups -OCH3 is 3. The maximum absolute atomic E-state index is 12.7.